The van der Waals surface area contributed by atoms with Gasteiger partial charge in [0.15, 0.2) is 5.75 Å². The average molecular weight is 549 g/mol. The summed E-state index contributed by atoms with van der Waals surface area (Å²) in [6.45, 7) is 3.33. The number of hydrogen-bond acceptors (Lipinski definition) is 6. The van der Waals surface area contributed by atoms with Crippen LogP contribution in [0.3, 0.4) is 0 Å². The SMILES string of the molecule is CCOC(=O)[C@H](C)N1C(=O)S/C(=C/c2cc(Cl)c(OCc3ccc(Cl)cc3Cl)c(Cl)c2)C1=O. The molecular weight excluding hydrogens is 532 g/mol. The van der Waals surface area contributed by atoms with E-state index in [1.165, 1.54) is 13.0 Å². The predicted molar refractivity (Wildman–Crippen MR) is 131 cm³/mol. The zero-order valence-electron chi connectivity index (χ0n) is 17.4. The topological polar surface area (TPSA) is 72.9 Å². The van der Waals surface area contributed by atoms with Gasteiger partial charge in [-0.3, -0.25) is 14.5 Å². The summed E-state index contributed by atoms with van der Waals surface area (Å²) in [4.78, 5) is 38.0. The summed E-state index contributed by atoms with van der Waals surface area (Å²) in [5.74, 6) is -1.02. The number of benzene rings is 2. The lowest BCUT2D eigenvalue weighted by Crippen LogP contribution is -2.42. The third kappa shape index (κ3) is 5.97. The molecule has 0 aromatic heterocycles. The number of amides is 2. The molecule has 33 heavy (non-hydrogen) atoms. The molecule has 2 aromatic carbocycles. The molecule has 0 saturated carbocycles. The number of ether oxygens (including phenoxy) is 2. The Morgan fingerprint density at radius 3 is 2.36 bits per heavy atom. The summed E-state index contributed by atoms with van der Waals surface area (Å²) in [5.41, 5.74) is 1.18. The number of halogens is 4. The van der Waals surface area contributed by atoms with E-state index >= 15 is 0 Å². The van der Waals surface area contributed by atoms with Crippen molar-refractivity contribution in [3.63, 3.8) is 0 Å². The van der Waals surface area contributed by atoms with E-state index in [2.05, 4.69) is 0 Å². The van der Waals surface area contributed by atoms with E-state index in [-0.39, 0.29) is 33.9 Å². The van der Waals surface area contributed by atoms with Crippen LogP contribution >= 0.6 is 58.2 Å². The predicted octanol–water partition coefficient (Wildman–Crippen LogP) is 6.87. The molecule has 3 rings (SSSR count). The number of thioether (sulfide) groups is 1. The second-order valence-corrected chi connectivity index (χ2v) is 9.47. The first-order valence-corrected chi connectivity index (χ1v) is 11.9. The quantitative estimate of drug-likeness (QED) is 0.278. The molecule has 2 aromatic rings. The lowest BCUT2D eigenvalue weighted by molar-refractivity contribution is -0.150. The Morgan fingerprint density at radius 2 is 1.76 bits per heavy atom. The molecule has 6 nitrogen and oxygen atoms in total. The minimum Gasteiger partial charge on any atom is -0.486 e. The summed E-state index contributed by atoms with van der Waals surface area (Å²) in [7, 11) is 0. The molecule has 0 unspecified atom stereocenters. The maximum Gasteiger partial charge on any atom is 0.329 e. The average Bonchev–Trinajstić information content (AvgIpc) is 3.01. The van der Waals surface area contributed by atoms with Gasteiger partial charge in [-0.15, -0.1) is 0 Å². The summed E-state index contributed by atoms with van der Waals surface area (Å²) in [5, 5.41) is 0.795. The molecule has 11 heteroatoms. The van der Waals surface area contributed by atoms with Gasteiger partial charge in [0, 0.05) is 15.6 Å². The molecule has 1 atom stereocenters. The Hall–Kier alpha value is -1.90. The molecule has 0 radical (unpaired) electrons. The molecule has 1 saturated heterocycles. The van der Waals surface area contributed by atoms with Crippen LogP contribution in [0.4, 0.5) is 4.79 Å². The number of nitrogens with zero attached hydrogens (tertiary/aromatic N) is 1. The lowest BCUT2D eigenvalue weighted by Gasteiger charge is -2.19. The van der Waals surface area contributed by atoms with Crippen molar-refractivity contribution in [2.45, 2.75) is 26.5 Å². The Morgan fingerprint density at radius 1 is 1.09 bits per heavy atom. The molecule has 2 amide bonds. The first-order valence-electron chi connectivity index (χ1n) is 9.61. The monoisotopic (exact) mass is 547 g/mol. The molecule has 0 spiro atoms. The smallest absolute Gasteiger partial charge is 0.329 e. The molecular formula is C22H17Cl4NO5S. The fraction of sp³-hybridized carbons (Fsp3) is 0.227. The van der Waals surface area contributed by atoms with Crippen LogP contribution in [0.1, 0.15) is 25.0 Å². The van der Waals surface area contributed by atoms with E-state index in [1.807, 2.05) is 0 Å². The number of esters is 1. The van der Waals surface area contributed by atoms with Crippen molar-refractivity contribution in [2.75, 3.05) is 6.61 Å². The Kier molecular flexibility index (Phi) is 8.59. The second kappa shape index (κ2) is 11.0. The van der Waals surface area contributed by atoms with Crippen LogP contribution < -0.4 is 4.74 Å². The van der Waals surface area contributed by atoms with Crippen LogP contribution in [0.25, 0.3) is 6.08 Å². The van der Waals surface area contributed by atoms with Gasteiger partial charge in [-0.05, 0) is 61.5 Å². The summed E-state index contributed by atoms with van der Waals surface area (Å²) < 4.78 is 10.6. The van der Waals surface area contributed by atoms with Gasteiger partial charge in [0.25, 0.3) is 11.1 Å². The third-order valence-corrected chi connectivity index (χ3v) is 6.58. The highest BCUT2D eigenvalue weighted by Gasteiger charge is 2.41. The Labute approximate surface area is 214 Å². The van der Waals surface area contributed by atoms with Gasteiger partial charge in [-0.25, -0.2) is 4.79 Å². The van der Waals surface area contributed by atoms with Crippen molar-refractivity contribution < 1.29 is 23.9 Å². The van der Waals surface area contributed by atoms with Gasteiger partial charge >= 0.3 is 5.97 Å². The molecule has 174 valence electrons. The van der Waals surface area contributed by atoms with E-state index in [4.69, 9.17) is 55.9 Å². The van der Waals surface area contributed by atoms with Crippen LogP contribution in [-0.4, -0.2) is 34.7 Å². The van der Waals surface area contributed by atoms with E-state index in [0.717, 1.165) is 4.90 Å². The highest BCUT2D eigenvalue weighted by atomic mass is 35.5. The standard InChI is InChI=1S/C22H17Cl4NO5S/c1-3-31-21(29)11(2)27-20(28)18(33-22(27)30)8-12-6-16(25)19(17(26)7-12)32-10-13-4-5-14(23)9-15(13)24/h4-9,11H,3,10H2,1-2H3/b18-8+/t11-/m0/s1. The van der Waals surface area contributed by atoms with Crippen LogP contribution in [0, 0.1) is 0 Å². The van der Waals surface area contributed by atoms with E-state index in [9.17, 15) is 14.4 Å². The zero-order chi connectivity index (χ0) is 24.3. The van der Waals surface area contributed by atoms with Gasteiger partial charge in [-0.2, -0.15) is 0 Å². The van der Waals surface area contributed by atoms with Gasteiger partial charge in [0.1, 0.15) is 12.6 Å². The van der Waals surface area contributed by atoms with Crippen molar-refractivity contribution in [2.24, 2.45) is 0 Å². The van der Waals surface area contributed by atoms with Gasteiger partial charge in [0.2, 0.25) is 0 Å². The maximum atomic E-state index is 12.7. The number of carbonyl (C=O) groups is 3. The number of rotatable bonds is 7. The van der Waals surface area contributed by atoms with Crippen LogP contribution in [0.5, 0.6) is 5.75 Å². The van der Waals surface area contributed by atoms with Crippen molar-refractivity contribution in [3.8, 4) is 5.75 Å². The minimum atomic E-state index is -1.04. The highest BCUT2D eigenvalue weighted by Crippen LogP contribution is 2.38. The fourth-order valence-corrected chi connectivity index (χ4v) is 4.91. The lowest BCUT2D eigenvalue weighted by atomic mass is 10.2. The Balaban J connectivity index is 1.78. The highest BCUT2D eigenvalue weighted by molar-refractivity contribution is 8.18. The van der Waals surface area contributed by atoms with Gasteiger partial charge in [0.05, 0.1) is 21.6 Å². The molecule has 0 bridgehead atoms. The van der Waals surface area contributed by atoms with Crippen LogP contribution in [-0.2, 0) is 20.9 Å². The number of hydrogen-bond donors (Lipinski definition) is 0. The van der Waals surface area contributed by atoms with Gasteiger partial charge in [-0.1, -0.05) is 52.5 Å². The van der Waals surface area contributed by atoms with Crippen LogP contribution in [0.2, 0.25) is 20.1 Å². The second-order valence-electron chi connectivity index (χ2n) is 6.82. The van der Waals surface area contributed by atoms with Crippen molar-refractivity contribution in [1.29, 1.82) is 0 Å². The third-order valence-electron chi connectivity index (χ3n) is 4.54. The summed E-state index contributed by atoms with van der Waals surface area (Å²) in [6.07, 6.45) is 1.47. The molecule has 1 aliphatic rings. The zero-order valence-corrected chi connectivity index (χ0v) is 21.2. The van der Waals surface area contributed by atoms with Crippen LogP contribution in [0.15, 0.2) is 35.2 Å². The Bertz CT molecular complexity index is 1130. The summed E-state index contributed by atoms with van der Waals surface area (Å²) in [6, 6.07) is 7.09. The molecule has 0 aliphatic carbocycles. The molecule has 1 heterocycles. The molecule has 1 aliphatic heterocycles. The van der Waals surface area contributed by atoms with Crippen molar-refractivity contribution in [1.82, 2.24) is 4.90 Å². The first-order chi connectivity index (χ1) is 15.6. The first kappa shape index (κ1) is 25.7. The van der Waals surface area contributed by atoms with E-state index in [0.29, 0.717) is 32.9 Å². The molecule has 1 fully saturated rings. The normalized spacial score (nSPS) is 15.8. The van der Waals surface area contributed by atoms with E-state index < -0.39 is 23.2 Å². The van der Waals surface area contributed by atoms with Gasteiger partial charge < -0.3 is 9.47 Å². The van der Waals surface area contributed by atoms with Crippen molar-refractivity contribution in [3.05, 3.63) is 66.5 Å². The maximum absolute atomic E-state index is 12.7. The van der Waals surface area contributed by atoms with Crippen molar-refractivity contribution >= 4 is 81.4 Å². The largest absolute Gasteiger partial charge is 0.486 e. The number of imide groups is 1. The van der Waals surface area contributed by atoms with E-state index in [1.54, 1.807) is 37.3 Å². The minimum absolute atomic E-state index is 0.111. The fourth-order valence-electron chi connectivity index (χ4n) is 2.92. The molecule has 0 N–H and O–H groups in total. The summed E-state index contributed by atoms with van der Waals surface area (Å²) >= 11 is 25.5. The number of carbonyl (C=O) groups excluding carboxylic acids is 3.